The van der Waals surface area contributed by atoms with Gasteiger partial charge >= 0.3 is 0 Å². The molecule has 2 aromatic rings. The minimum absolute atomic E-state index is 0.259. The highest BCUT2D eigenvalue weighted by Gasteiger charge is 2.23. The average Bonchev–Trinajstić information content (AvgIpc) is 2.89. The molecule has 0 radical (unpaired) electrons. The molecule has 0 bridgehead atoms. The van der Waals surface area contributed by atoms with Crippen LogP contribution in [0.15, 0.2) is 30.7 Å². The van der Waals surface area contributed by atoms with Crippen LogP contribution in [0.2, 0.25) is 0 Å². The van der Waals surface area contributed by atoms with Crippen molar-refractivity contribution >= 4 is 5.82 Å². The van der Waals surface area contributed by atoms with Crippen molar-refractivity contribution in [1.82, 2.24) is 19.9 Å². The fourth-order valence-electron chi connectivity index (χ4n) is 3.47. The molecule has 1 saturated heterocycles. The lowest BCUT2D eigenvalue weighted by molar-refractivity contribution is 0.215. The first-order chi connectivity index (χ1) is 12.2. The second-order valence-electron chi connectivity index (χ2n) is 6.62. The zero-order valence-corrected chi connectivity index (χ0v) is 15.0. The molecule has 134 valence electrons. The van der Waals surface area contributed by atoms with Crippen LogP contribution in [0.5, 0.6) is 0 Å². The molecule has 0 amide bonds. The van der Waals surface area contributed by atoms with Crippen LogP contribution in [0.25, 0.3) is 0 Å². The Balaban J connectivity index is 1.64. The van der Waals surface area contributed by atoms with Gasteiger partial charge in [0.15, 0.2) is 11.6 Å². The third-order valence-corrected chi connectivity index (χ3v) is 4.94. The minimum atomic E-state index is -0.259. The smallest absolute Gasteiger partial charge is 0.187 e. The van der Waals surface area contributed by atoms with E-state index in [1.165, 1.54) is 6.33 Å². The number of aryl methyl sites for hydroxylation is 1. The van der Waals surface area contributed by atoms with Gasteiger partial charge in [-0.15, -0.1) is 0 Å². The maximum absolute atomic E-state index is 14.5. The summed E-state index contributed by atoms with van der Waals surface area (Å²) in [6, 6.07) is 6.49. The second-order valence-corrected chi connectivity index (χ2v) is 6.62. The number of rotatable bonds is 5. The molecule has 0 spiro atoms. The van der Waals surface area contributed by atoms with Crippen molar-refractivity contribution in [1.29, 1.82) is 0 Å². The molecule has 0 N–H and O–H groups in total. The quantitative estimate of drug-likeness (QED) is 0.835. The third-order valence-electron chi connectivity index (χ3n) is 4.94. The Kier molecular flexibility index (Phi) is 5.91. The van der Waals surface area contributed by atoms with E-state index in [9.17, 15) is 4.39 Å². The fourth-order valence-corrected chi connectivity index (χ4v) is 3.47. The third kappa shape index (κ3) is 4.31. The van der Waals surface area contributed by atoms with Crippen LogP contribution >= 0.6 is 0 Å². The van der Waals surface area contributed by atoms with Crippen molar-refractivity contribution in [2.45, 2.75) is 45.2 Å². The molecule has 0 aromatic carbocycles. The maximum Gasteiger partial charge on any atom is 0.187 e. The first-order valence-corrected chi connectivity index (χ1v) is 9.03. The standard InChI is InChI=1S/C19H26FN5/c1-3-17-18(20)19(23-14-22-17)25-11-6-8-16(9-12-25)24(2)13-15-7-4-5-10-21-15/h4-5,7,10,14,16H,3,6,8-9,11-13H2,1-2H3/t16-/m0/s1. The lowest BCUT2D eigenvalue weighted by Gasteiger charge is -2.27. The zero-order chi connectivity index (χ0) is 17.6. The van der Waals surface area contributed by atoms with E-state index >= 15 is 0 Å². The van der Waals surface area contributed by atoms with E-state index in [-0.39, 0.29) is 5.82 Å². The van der Waals surface area contributed by atoms with Crippen molar-refractivity contribution in [2.24, 2.45) is 0 Å². The summed E-state index contributed by atoms with van der Waals surface area (Å²) in [7, 11) is 2.15. The van der Waals surface area contributed by atoms with Crippen LogP contribution in [-0.4, -0.2) is 46.0 Å². The number of halogens is 1. The van der Waals surface area contributed by atoms with Crippen molar-refractivity contribution in [3.8, 4) is 0 Å². The van der Waals surface area contributed by atoms with Gasteiger partial charge in [-0.25, -0.2) is 14.4 Å². The Hall–Kier alpha value is -2.08. The number of aromatic nitrogens is 3. The largest absolute Gasteiger partial charge is 0.354 e. The van der Waals surface area contributed by atoms with E-state index in [1.807, 2.05) is 25.3 Å². The first-order valence-electron chi connectivity index (χ1n) is 9.03. The van der Waals surface area contributed by atoms with E-state index in [1.54, 1.807) is 0 Å². The summed E-state index contributed by atoms with van der Waals surface area (Å²) in [5.74, 6) is 0.199. The van der Waals surface area contributed by atoms with Gasteiger partial charge < -0.3 is 4.90 Å². The van der Waals surface area contributed by atoms with Crippen LogP contribution < -0.4 is 4.90 Å². The predicted octanol–water partition coefficient (Wildman–Crippen LogP) is 3.06. The van der Waals surface area contributed by atoms with Crippen LogP contribution in [0.1, 0.15) is 37.6 Å². The molecular weight excluding hydrogens is 317 g/mol. The molecule has 1 aliphatic rings. The number of hydrogen-bond acceptors (Lipinski definition) is 5. The van der Waals surface area contributed by atoms with Gasteiger partial charge in [0.05, 0.1) is 11.4 Å². The Morgan fingerprint density at radius 3 is 2.84 bits per heavy atom. The van der Waals surface area contributed by atoms with Crippen LogP contribution in [0, 0.1) is 5.82 Å². The molecule has 1 fully saturated rings. The van der Waals surface area contributed by atoms with E-state index in [0.29, 0.717) is 24.0 Å². The van der Waals surface area contributed by atoms with Crippen molar-refractivity contribution in [3.05, 3.63) is 47.9 Å². The van der Waals surface area contributed by atoms with Crippen molar-refractivity contribution < 1.29 is 4.39 Å². The van der Waals surface area contributed by atoms with Crippen molar-refractivity contribution in [2.75, 3.05) is 25.0 Å². The summed E-state index contributed by atoms with van der Waals surface area (Å²) >= 11 is 0. The first kappa shape index (κ1) is 17.7. The van der Waals surface area contributed by atoms with Gasteiger partial charge in [-0.3, -0.25) is 9.88 Å². The summed E-state index contributed by atoms with van der Waals surface area (Å²) < 4.78 is 14.5. The predicted molar refractivity (Wildman–Crippen MR) is 96.9 cm³/mol. The number of hydrogen-bond donors (Lipinski definition) is 0. The molecule has 2 aromatic heterocycles. The van der Waals surface area contributed by atoms with E-state index < -0.39 is 0 Å². The summed E-state index contributed by atoms with van der Waals surface area (Å²) in [4.78, 5) is 17.1. The van der Waals surface area contributed by atoms with Crippen LogP contribution in [0.4, 0.5) is 10.2 Å². The summed E-state index contributed by atoms with van der Waals surface area (Å²) in [5.41, 5.74) is 1.58. The lowest BCUT2D eigenvalue weighted by Crippen LogP contribution is -2.33. The molecule has 5 nitrogen and oxygen atoms in total. The molecule has 1 atom stereocenters. The molecule has 1 aliphatic heterocycles. The fraction of sp³-hybridized carbons (Fsp3) is 0.526. The molecule has 3 heterocycles. The SMILES string of the molecule is CCc1ncnc(N2CCC[C@H](N(C)Cc3ccccn3)CC2)c1F. The Morgan fingerprint density at radius 2 is 2.08 bits per heavy atom. The van der Waals surface area contributed by atoms with Crippen LogP contribution in [-0.2, 0) is 13.0 Å². The highest BCUT2D eigenvalue weighted by atomic mass is 19.1. The normalized spacial score (nSPS) is 18.4. The van der Waals surface area contributed by atoms with Gasteiger partial charge in [-0.2, -0.15) is 0 Å². The highest BCUT2D eigenvalue weighted by Crippen LogP contribution is 2.24. The van der Waals surface area contributed by atoms with E-state index in [2.05, 4.69) is 37.9 Å². The molecule has 6 heteroatoms. The summed E-state index contributed by atoms with van der Waals surface area (Å²) in [6.07, 6.45) is 7.03. The Labute approximate surface area is 148 Å². The minimum Gasteiger partial charge on any atom is -0.354 e. The van der Waals surface area contributed by atoms with Gasteiger partial charge in [-0.1, -0.05) is 13.0 Å². The van der Waals surface area contributed by atoms with E-state index in [4.69, 9.17) is 0 Å². The average molecular weight is 343 g/mol. The topological polar surface area (TPSA) is 45.2 Å². The Bertz CT molecular complexity index is 679. The molecule has 3 rings (SSSR count). The summed E-state index contributed by atoms with van der Waals surface area (Å²) in [5, 5.41) is 0. The van der Waals surface area contributed by atoms with E-state index in [0.717, 1.165) is 44.6 Å². The maximum atomic E-state index is 14.5. The number of pyridine rings is 1. The zero-order valence-electron chi connectivity index (χ0n) is 15.0. The van der Waals surface area contributed by atoms with Crippen LogP contribution in [0.3, 0.4) is 0 Å². The van der Waals surface area contributed by atoms with Gasteiger partial charge in [-0.05, 0) is 44.9 Å². The Morgan fingerprint density at radius 1 is 1.20 bits per heavy atom. The number of anilines is 1. The van der Waals surface area contributed by atoms with Crippen molar-refractivity contribution in [3.63, 3.8) is 0 Å². The molecule has 0 saturated carbocycles. The monoisotopic (exact) mass is 343 g/mol. The molecule has 0 unspecified atom stereocenters. The second kappa shape index (κ2) is 8.34. The molecular formula is C19H26FN5. The summed E-state index contributed by atoms with van der Waals surface area (Å²) in [6.45, 7) is 4.41. The molecule has 25 heavy (non-hydrogen) atoms. The van der Waals surface area contributed by atoms with Gasteiger partial charge in [0.2, 0.25) is 0 Å². The highest BCUT2D eigenvalue weighted by molar-refractivity contribution is 5.41. The lowest BCUT2D eigenvalue weighted by atomic mass is 10.1. The molecule has 0 aliphatic carbocycles. The van der Waals surface area contributed by atoms with Gasteiger partial charge in [0.1, 0.15) is 6.33 Å². The van der Waals surface area contributed by atoms with Gasteiger partial charge in [0, 0.05) is 31.9 Å². The number of nitrogens with zero attached hydrogens (tertiary/aromatic N) is 5. The van der Waals surface area contributed by atoms with Gasteiger partial charge in [0.25, 0.3) is 0 Å².